The van der Waals surface area contributed by atoms with Crippen LogP contribution in [0.1, 0.15) is 27.0 Å². The van der Waals surface area contributed by atoms with Crippen molar-refractivity contribution in [3.63, 3.8) is 0 Å². The van der Waals surface area contributed by atoms with E-state index in [-0.39, 0.29) is 58.8 Å². The Morgan fingerprint density at radius 3 is 1.32 bits per heavy atom. The summed E-state index contributed by atoms with van der Waals surface area (Å²) < 4.78 is 70.3. The van der Waals surface area contributed by atoms with Crippen LogP contribution in [-0.4, -0.2) is 75.8 Å². The Morgan fingerprint density at radius 1 is 0.676 bits per heavy atom. The van der Waals surface area contributed by atoms with Crippen molar-refractivity contribution in [1.82, 2.24) is 0 Å². The second-order valence-electron chi connectivity index (χ2n) is 7.69. The molecule has 0 radical (unpaired) electrons. The predicted molar refractivity (Wildman–Crippen MR) is 127 cm³/mol. The fourth-order valence-corrected chi connectivity index (χ4v) is 5.10. The first kappa shape index (κ1) is 27.8. The summed E-state index contributed by atoms with van der Waals surface area (Å²) in [4.78, 5) is 13.4. The fraction of sp³-hybridized carbons (Fsp3) is 0.435. The van der Waals surface area contributed by atoms with Crippen LogP contribution in [0.15, 0.2) is 34.1 Å². The predicted octanol–water partition coefficient (Wildman–Crippen LogP) is 2.39. The van der Waals surface area contributed by atoms with Gasteiger partial charge in [-0.25, -0.2) is 16.8 Å². The highest BCUT2D eigenvalue weighted by atomic mass is 32.2. The van der Waals surface area contributed by atoms with E-state index in [1.54, 1.807) is 13.8 Å². The number of carbonyl (C=O) groups is 1. The lowest BCUT2D eigenvalue weighted by Crippen LogP contribution is -2.15. The molecular formula is C23H30O9S2. The van der Waals surface area contributed by atoms with Crippen molar-refractivity contribution in [1.29, 1.82) is 0 Å². The maximum atomic E-state index is 13.5. The zero-order chi connectivity index (χ0) is 25.7. The average Bonchev–Trinajstić information content (AvgIpc) is 2.74. The fourth-order valence-electron chi connectivity index (χ4n) is 3.37. The maximum absolute atomic E-state index is 13.5. The van der Waals surface area contributed by atoms with Gasteiger partial charge in [0.15, 0.2) is 25.5 Å². The summed E-state index contributed by atoms with van der Waals surface area (Å²) in [5, 5.41) is 0. The lowest BCUT2D eigenvalue weighted by molar-refractivity contribution is 0.103. The molecule has 2 aromatic carbocycles. The number of ketones is 1. The molecule has 0 amide bonds. The van der Waals surface area contributed by atoms with E-state index in [1.165, 1.54) is 38.5 Å². The van der Waals surface area contributed by atoms with Crippen LogP contribution in [0.4, 0.5) is 0 Å². The van der Waals surface area contributed by atoms with Gasteiger partial charge in [-0.2, -0.15) is 0 Å². The normalized spacial score (nSPS) is 11.9. The molecule has 9 nitrogen and oxygen atoms in total. The molecule has 0 atom stereocenters. The number of ether oxygens (including phenoxy) is 4. The Labute approximate surface area is 200 Å². The van der Waals surface area contributed by atoms with Gasteiger partial charge in [-0.05, 0) is 38.1 Å². The maximum Gasteiger partial charge on any atom is 0.193 e. The van der Waals surface area contributed by atoms with Crippen molar-refractivity contribution in [2.24, 2.45) is 0 Å². The summed E-state index contributed by atoms with van der Waals surface area (Å²) in [7, 11) is -4.27. The SMILES string of the molecule is COCCOc1c(S(C)(=O)=O)ccc(C(=O)c2ccc(S(C)(=O)=O)c(OCCOC)c2C)c1C. The topological polar surface area (TPSA) is 122 Å². The van der Waals surface area contributed by atoms with E-state index in [9.17, 15) is 21.6 Å². The number of methoxy groups -OCH3 is 2. The van der Waals surface area contributed by atoms with Gasteiger partial charge in [-0.3, -0.25) is 4.79 Å². The first-order valence-corrected chi connectivity index (χ1v) is 14.1. The summed E-state index contributed by atoms with van der Waals surface area (Å²) in [6, 6.07) is 5.50. The molecule has 0 aliphatic heterocycles. The zero-order valence-electron chi connectivity index (χ0n) is 20.1. The van der Waals surface area contributed by atoms with Gasteiger partial charge in [0.25, 0.3) is 0 Å². The zero-order valence-corrected chi connectivity index (χ0v) is 21.8. The van der Waals surface area contributed by atoms with E-state index in [4.69, 9.17) is 18.9 Å². The van der Waals surface area contributed by atoms with E-state index < -0.39 is 25.5 Å². The quantitative estimate of drug-likeness (QED) is 0.310. The molecule has 0 N–H and O–H groups in total. The van der Waals surface area contributed by atoms with Crippen LogP contribution in [0, 0.1) is 13.8 Å². The van der Waals surface area contributed by atoms with Crippen molar-refractivity contribution < 1.29 is 40.6 Å². The van der Waals surface area contributed by atoms with Gasteiger partial charge in [0.05, 0.1) is 13.2 Å². The summed E-state index contributed by atoms with van der Waals surface area (Å²) in [6.45, 7) is 3.85. The van der Waals surface area contributed by atoms with E-state index in [2.05, 4.69) is 0 Å². The van der Waals surface area contributed by atoms with Gasteiger partial charge in [-0.15, -0.1) is 0 Å². The van der Waals surface area contributed by atoms with Gasteiger partial charge >= 0.3 is 0 Å². The molecular weight excluding hydrogens is 484 g/mol. The van der Waals surface area contributed by atoms with E-state index in [0.717, 1.165) is 12.5 Å². The molecule has 0 aromatic heterocycles. The summed E-state index contributed by atoms with van der Waals surface area (Å²) in [5.41, 5.74) is 1.13. The second kappa shape index (κ2) is 11.3. The van der Waals surface area contributed by atoms with Crippen molar-refractivity contribution >= 4 is 25.5 Å². The number of carbonyl (C=O) groups excluding carboxylic acids is 1. The Hall–Kier alpha value is -2.47. The van der Waals surface area contributed by atoms with E-state index in [0.29, 0.717) is 11.1 Å². The van der Waals surface area contributed by atoms with Crippen LogP contribution in [0.2, 0.25) is 0 Å². The molecule has 2 aromatic rings. The highest BCUT2D eigenvalue weighted by Crippen LogP contribution is 2.35. The van der Waals surface area contributed by atoms with Crippen LogP contribution in [0.3, 0.4) is 0 Å². The smallest absolute Gasteiger partial charge is 0.193 e. The minimum atomic E-state index is -3.63. The Morgan fingerprint density at radius 2 is 1.03 bits per heavy atom. The molecule has 0 aliphatic carbocycles. The van der Waals surface area contributed by atoms with Crippen LogP contribution in [0.5, 0.6) is 11.5 Å². The van der Waals surface area contributed by atoms with Gasteiger partial charge < -0.3 is 18.9 Å². The second-order valence-corrected chi connectivity index (χ2v) is 11.7. The van der Waals surface area contributed by atoms with Gasteiger partial charge in [-0.1, -0.05) is 0 Å². The number of hydrogen-bond donors (Lipinski definition) is 0. The summed E-state index contributed by atoms with van der Waals surface area (Å²) in [5.74, 6) is -0.275. The first-order chi connectivity index (χ1) is 15.8. The minimum Gasteiger partial charge on any atom is -0.490 e. The molecule has 0 fully saturated rings. The third-order valence-corrected chi connectivity index (χ3v) is 7.34. The van der Waals surface area contributed by atoms with Gasteiger partial charge in [0.1, 0.15) is 34.5 Å². The lowest BCUT2D eigenvalue weighted by Gasteiger charge is -2.18. The largest absolute Gasteiger partial charge is 0.490 e. The molecule has 0 bridgehead atoms. The van der Waals surface area contributed by atoms with Crippen LogP contribution >= 0.6 is 0 Å². The minimum absolute atomic E-state index is 0.0367. The standard InChI is InChI=1S/C23H30O9S2/c1-15-17(7-9-19(33(5,25)26)22(15)31-13-11-29-3)21(24)18-8-10-20(34(6,27)28)23(16(18)2)32-14-12-30-4/h7-10H,11-14H2,1-6H3. The highest BCUT2D eigenvalue weighted by molar-refractivity contribution is 7.91. The summed E-state index contributed by atoms with van der Waals surface area (Å²) >= 11 is 0. The van der Waals surface area contributed by atoms with Crippen LogP contribution in [0.25, 0.3) is 0 Å². The average molecular weight is 515 g/mol. The lowest BCUT2D eigenvalue weighted by atomic mass is 9.95. The van der Waals surface area contributed by atoms with Gasteiger partial charge in [0, 0.05) is 49.0 Å². The third kappa shape index (κ3) is 6.35. The Kier molecular flexibility index (Phi) is 9.23. The molecule has 34 heavy (non-hydrogen) atoms. The van der Waals surface area contributed by atoms with Crippen molar-refractivity contribution in [2.45, 2.75) is 23.6 Å². The number of benzene rings is 2. The molecule has 0 spiro atoms. The van der Waals surface area contributed by atoms with Crippen molar-refractivity contribution in [2.75, 3.05) is 53.2 Å². The summed E-state index contributed by atoms with van der Waals surface area (Å²) in [6.07, 6.45) is 2.12. The molecule has 0 unspecified atom stereocenters. The molecule has 0 saturated heterocycles. The molecule has 2 rings (SSSR count). The number of hydrogen-bond acceptors (Lipinski definition) is 9. The van der Waals surface area contributed by atoms with Crippen LogP contribution < -0.4 is 9.47 Å². The van der Waals surface area contributed by atoms with Crippen molar-refractivity contribution in [3.05, 3.63) is 46.5 Å². The number of sulfone groups is 2. The molecule has 188 valence electrons. The molecule has 11 heteroatoms. The number of rotatable bonds is 12. The van der Waals surface area contributed by atoms with E-state index >= 15 is 0 Å². The Bertz CT molecular complexity index is 1170. The molecule has 0 saturated carbocycles. The molecule has 0 heterocycles. The Balaban J connectivity index is 2.64. The monoisotopic (exact) mass is 514 g/mol. The van der Waals surface area contributed by atoms with Crippen molar-refractivity contribution in [3.8, 4) is 11.5 Å². The van der Waals surface area contributed by atoms with Gasteiger partial charge in [0.2, 0.25) is 0 Å². The third-order valence-electron chi connectivity index (χ3n) is 5.10. The first-order valence-electron chi connectivity index (χ1n) is 10.3. The van der Waals surface area contributed by atoms with Crippen LogP contribution in [-0.2, 0) is 29.1 Å². The van der Waals surface area contributed by atoms with E-state index in [1.807, 2.05) is 0 Å². The highest BCUT2D eigenvalue weighted by Gasteiger charge is 2.26. The molecule has 0 aliphatic rings.